The number of aryl methyl sites for hydroxylation is 2. The summed E-state index contributed by atoms with van der Waals surface area (Å²) < 4.78 is 60.2. The van der Waals surface area contributed by atoms with E-state index < -0.39 is 29.0 Å². The number of amides is 1. The van der Waals surface area contributed by atoms with E-state index in [-0.39, 0.29) is 18.6 Å². The zero-order valence-corrected chi connectivity index (χ0v) is 18.2. The van der Waals surface area contributed by atoms with Gasteiger partial charge in [-0.3, -0.25) is 9.48 Å². The summed E-state index contributed by atoms with van der Waals surface area (Å²) in [5, 5.41) is 7.68. The van der Waals surface area contributed by atoms with E-state index in [1.807, 2.05) is 0 Å². The minimum absolute atomic E-state index is 0.102. The Labute approximate surface area is 190 Å². The maximum absolute atomic E-state index is 13.6. The number of nitrogens with one attached hydrogen (secondary N) is 1. The Balaban J connectivity index is 1.51. The van der Waals surface area contributed by atoms with E-state index in [0.29, 0.717) is 46.5 Å². The fourth-order valence-electron chi connectivity index (χ4n) is 2.80. The predicted octanol–water partition coefficient (Wildman–Crippen LogP) is 5.45. The number of carbonyl (C=O) groups excluding carboxylic acids is 1. The maximum Gasteiger partial charge on any atom is 0.251 e. The van der Waals surface area contributed by atoms with E-state index in [2.05, 4.69) is 10.4 Å². The van der Waals surface area contributed by atoms with Crippen molar-refractivity contribution in [2.45, 2.75) is 26.5 Å². The third-order valence-corrected chi connectivity index (χ3v) is 5.43. The summed E-state index contributed by atoms with van der Waals surface area (Å²) in [4.78, 5) is 12.2. The third kappa shape index (κ3) is 5.34. The molecule has 1 heterocycles. The Hall–Kier alpha value is -2.78. The van der Waals surface area contributed by atoms with Crippen molar-refractivity contribution in [1.82, 2.24) is 15.1 Å². The topological polar surface area (TPSA) is 56.2 Å². The monoisotopic (exact) mass is 489 g/mol. The number of hydrogen-bond acceptors (Lipinski definition) is 3. The van der Waals surface area contributed by atoms with Gasteiger partial charge in [-0.05, 0) is 31.0 Å². The number of rotatable bonds is 8. The van der Waals surface area contributed by atoms with E-state index >= 15 is 0 Å². The molecule has 3 rings (SSSR count). The van der Waals surface area contributed by atoms with Gasteiger partial charge in [0.05, 0.1) is 5.69 Å². The van der Waals surface area contributed by atoms with Crippen LogP contribution in [0.25, 0.3) is 0 Å². The molecular formula is C21H17Cl2F4N3O2. The first-order valence-corrected chi connectivity index (χ1v) is 10.2. The molecular weight excluding hydrogens is 473 g/mol. The van der Waals surface area contributed by atoms with E-state index in [4.69, 9.17) is 27.9 Å². The number of benzene rings is 2. The molecule has 5 nitrogen and oxygen atoms in total. The fourth-order valence-corrected chi connectivity index (χ4v) is 3.19. The molecule has 32 heavy (non-hydrogen) atoms. The van der Waals surface area contributed by atoms with Crippen molar-refractivity contribution in [1.29, 1.82) is 0 Å². The van der Waals surface area contributed by atoms with Gasteiger partial charge < -0.3 is 10.1 Å². The van der Waals surface area contributed by atoms with Gasteiger partial charge in [0.2, 0.25) is 11.6 Å². The molecule has 11 heteroatoms. The van der Waals surface area contributed by atoms with Crippen molar-refractivity contribution in [3.8, 4) is 5.75 Å². The van der Waals surface area contributed by atoms with Crippen LogP contribution in [0.3, 0.4) is 0 Å². The molecule has 0 bridgehead atoms. The van der Waals surface area contributed by atoms with Crippen LogP contribution in [-0.2, 0) is 13.2 Å². The lowest BCUT2D eigenvalue weighted by Gasteiger charge is -2.10. The number of ether oxygens (including phenoxy) is 1. The molecule has 1 amide bonds. The van der Waals surface area contributed by atoms with Gasteiger partial charge in [-0.25, -0.2) is 8.78 Å². The average Bonchev–Trinajstić information content (AvgIpc) is 3.02. The highest BCUT2D eigenvalue weighted by atomic mass is 35.5. The first-order chi connectivity index (χ1) is 15.2. The Morgan fingerprint density at radius 3 is 2.28 bits per heavy atom. The highest BCUT2D eigenvalue weighted by Gasteiger charge is 2.20. The SMILES string of the molecule is Cc1nn(CCCNC(=O)c2ccc(COc3c(F)c(F)cc(F)c3F)cc2)c(Cl)c1Cl. The van der Waals surface area contributed by atoms with Crippen LogP contribution in [0.2, 0.25) is 10.2 Å². The average molecular weight is 490 g/mol. The smallest absolute Gasteiger partial charge is 0.251 e. The molecule has 0 radical (unpaired) electrons. The molecule has 0 aliphatic rings. The number of nitrogens with zero attached hydrogens (tertiary/aromatic N) is 2. The number of carbonyl (C=O) groups is 1. The summed E-state index contributed by atoms with van der Waals surface area (Å²) in [7, 11) is 0. The van der Waals surface area contributed by atoms with Crippen molar-refractivity contribution >= 4 is 29.1 Å². The van der Waals surface area contributed by atoms with Crippen molar-refractivity contribution in [2.75, 3.05) is 6.54 Å². The van der Waals surface area contributed by atoms with Crippen molar-refractivity contribution in [3.05, 3.63) is 80.6 Å². The molecule has 0 unspecified atom stereocenters. The van der Waals surface area contributed by atoms with Crippen molar-refractivity contribution in [2.24, 2.45) is 0 Å². The first-order valence-electron chi connectivity index (χ1n) is 9.40. The summed E-state index contributed by atoms with van der Waals surface area (Å²) in [6, 6.07) is 6.06. The van der Waals surface area contributed by atoms with Crippen LogP contribution in [-0.4, -0.2) is 22.2 Å². The van der Waals surface area contributed by atoms with Crippen LogP contribution in [0.15, 0.2) is 30.3 Å². The second-order valence-corrected chi connectivity index (χ2v) is 7.54. The Bertz CT molecular complexity index is 1110. The van der Waals surface area contributed by atoms with Gasteiger partial charge in [0.15, 0.2) is 17.4 Å². The minimum atomic E-state index is -1.62. The Kier molecular flexibility index (Phi) is 7.63. The lowest BCUT2D eigenvalue weighted by Crippen LogP contribution is -2.25. The number of aromatic nitrogens is 2. The molecule has 0 atom stereocenters. The maximum atomic E-state index is 13.6. The van der Waals surface area contributed by atoms with Gasteiger partial charge in [-0.15, -0.1) is 0 Å². The second kappa shape index (κ2) is 10.2. The van der Waals surface area contributed by atoms with Gasteiger partial charge in [0, 0.05) is 24.7 Å². The molecule has 0 aliphatic heterocycles. The molecule has 2 aromatic carbocycles. The van der Waals surface area contributed by atoms with E-state index in [0.717, 1.165) is 0 Å². The summed E-state index contributed by atoms with van der Waals surface area (Å²) in [5.41, 5.74) is 1.40. The van der Waals surface area contributed by atoms with Gasteiger partial charge >= 0.3 is 0 Å². The van der Waals surface area contributed by atoms with Crippen LogP contribution in [0, 0.1) is 30.2 Å². The fraction of sp³-hybridized carbons (Fsp3) is 0.238. The summed E-state index contributed by atoms with van der Waals surface area (Å²) in [6.45, 7) is 2.22. The van der Waals surface area contributed by atoms with Crippen LogP contribution >= 0.6 is 23.2 Å². The summed E-state index contributed by atoms with van der Waals surface area (Å²) in [5.74, 6) is -7.82. The van der Waals surface area contributed by atoms with Crippen LogP contribution in [0.4, 0.5) is 17.6 Å². The summed E-state index contributed by atoms with van der Waals surface area (Å²) >= 11 is 12.0. The molecule has 1 N–H and O–H groups in total. The minimum Gasteiger partial charge on any atom is -0.483 e. The van der Waals surface area contributed by atoms with Crippen molar-refractivity contribution < 1.29 is 27.1 Å². The number of halogens is 6. The zero-order chi connectivity index (χ0) is 23.4. The van der Waals surface area contributed by atoms with Gasteiger partial charge in [0.25, 0.3) is 5.91 Å². The predicted molar refractivity (Wildman–Crippen MR) is 111 cm³/mol. The van der Waals surface area contributed by atoms with E-state index in [1.54, 1.807) is 11.6 Å². The lowest BCUT2D eigenvalue weighted by molar-refractivity contribution is 0.0952. The number of hydrogen-bond donors (Lipinski definition) is 1. The third-order valence-electron chi connectivity index (χ3n) is 4.50. The molecule has 0 aliphatic carbocycles. The summed E-state index contributed by atoms with van der Waals surface area (Å²) in [6.07, 6.45) is 0.566. The molecule has 170 valence electrons. The lowest BCUT2D eigenvalue weighted by atomic mass is 10.1. The quantitative estimate of drug-likeness (QED) is 0.260. The van der Waals surface area contributed by atoms with E-state index in [9.17, 15) is 22.4 Å². The normalized spacial score (nSPS) is 11.0. The van der Waals surface area contributed by atoms with Gasteiger partial charge in [-0.2, -0.15) is 13.9 Å². The molecule has 0 spiro atoms. The molecule has 0 saturated heterocycles. The van der Waals surface area contributed by atoms with Gasteiger partial charge in [-0.1, -0.05) is 35.3 Å². The molecule has 3 aromatic rings. The zero-order valence-electron chi connectivity index (χ0n) is 16.7. The highest BCUT2D eigenvalue weighted by Crippen LogP contribution is 2.27. The van der Waals surface area contributed by atoms with Crippen molar-refractivity contribution in [3.63, 3.8) is 0 Å². The molecule has 1 aromatic heterocycles. The standard InChI is InChI=1S/C21H17Cl2F4N3O2/c1-11-16(22)20(23)30(29-11)8-2-7-28-21(31)13-5-3-12(4-6-13)10-32-19-17(26)14(24)9-15(25)18(19)27/h3-6,9H,2,7-8,10H2,1H3,(H,28,31). The molecule has 0 saturated carbocycles. The Morgan fingerprint density at radius 2 is 1.72 bits per heavy atom. The molecule has 0 fully saturated rings. The van der Waals surface area contributed by atoms with Crippen LogP contribution < -0.4 is 10.1 Å². The van der Waals surface area contributed by atoms with Crippen LogP contribution in [0.1, 0.15) is 28.0 Å². The van der Waals surface area contributed by atoms with Gasteiger partial charge in [0.1, 0.15) is 16.8 Å². The highest BCUT2D eigenvalue weighted by molar-refractivity contribution is 6.41. The Morgan fingerprint density at radius 1 is 1.09 bits per heavy atom. The second-order valence-electron chi connectivity index (χ2n) is 6.81. The van der Waals surface area contributed by atoms with E-state index in [1.165, 1.54) is 24.3 Å². The first kappa shape index (κ1) is 23.9. The van der Waals surface area contributed by atoms with Crippen LogP contribution in [0.5, 0.6) is 5.75 Å². The largest absolute Gasteiger partial charge is 0.483 e.